The molecule has 21 heteroatoms. The van der Waals surface area contributed by atoms with E-state index in [0.717, 1.165) is 39.1 Å². The van der Waals surface area contributed by atoms with Crippen molar-refractivity contribution in [2.75, 3.05) is 47.3 Å². The number of thiophene rings is 1. The van der Waals surface area contributed by atoms with Gasteiger partial charge >= 0.3 is 36.4 Å². The van der Waals surface area contributed by atoms with Crippen LogP contribution in [0.5, 0.6) is 0 Å². The van der Waals surface area contributed by atoms with Crippen molar-refractivity contribution in [2.24, 2.45) is 5.92 Å². The standard InChI is InChI=1S/C18H30N4OS.3C2HF3O2/c1-13-5-6-15(24-13)11-22-10-14-9-16(21(4)17(14)12-22)18(23)19-7-8-20(2)3;3*3-2(4,5)1(6)7/h5-6,14,16-17H,7-12H2,1-4H3,(H,19,23);3*(H,6,7)/t14-,16-,17+;;;/m1.../s1. The number of likely N-dealkylation sites (tertiary alicyclic amines) is 2. The van der Waals surface area contributed by atoms with Gasteiger partial charge in [0.2, 0.25) is 5.91 Å². The molecule has 2 saturated heterocycles. The third kappa shape index (κ3) is 16.1. The number of carboxylic acid groups (broad SMARTS) is 3. The zero-order chi connectivity index (χ0) is 35.5. The fraction of sp³-hybridized carbons (Fsp3) is 0.667. The number of likely N-dealkylation sites (N-methyl/N-ethyl adjacent to an activating group) is 2. The van der Waals surface area contributed by atoms with E-state index in [1.165, 1.54) is 9.75 Å². The molecule has 3 heterocycles. The molecule has 11 nitrogen and oxygen atoms in total. The van der Waals surface area contributed by atoms with Crippen molar-refractivity contribution in [3.8, 4) is 0 Å². The molecule has 0 bridgehead atoms. The first-order valence-corrected chi connectivity index (χ1v) is 13.4. The third-order valence-corrected chi connectivity index (χ3v) is 7.07. The lowest BCUT2D eigenvalue weighted by Gasteiger charge is -2.26. The normalized spacial score (nSPS) is 20.1. The van der Waals surface area contributed by atoms with Gasteiger partial charge in [-0.1, -0.05) is 0 Å². The van der Waals surface area contributed by atoms with E-state index in [1.54, 1.807) is 0 Å². The van der Waals surface area contributed by atoms with Gasteiger partial charge < -0.3 is 25.5 Å². The Balaban J connectivity index is 0.000000753. The second-order valence-corrected chi connectivity index (χ2v) is 11.3. The average molecular weight is 693 g/mol. The molecule has 0 unspecified atom stereocenters. The first-order chi connectivity index (χ1) is 20.3. The monoisotopic (exact) mass is 692 g/mol. The highest BCUT2D eigenvalue weighted by Gasteiger charge is 2.47. The largest absolute Gasteiger partial charge is 0.490 e. The lowest BCUT2D eigenvalue weighted by atomic mass is 10.0. The van der Waals surface area contributed by atoms with Gasteiger partial charge in [0, 0.05) is 48.5 Å². The molecule has 2 aliphatic rings. The predicted octanol–water partition coefficient (Wildman–Crippen LogP) is 3.14. The van der Waals surface area contributed by atoms with Crippen LogP contribution in [-0.4, -0.2) is 132 Å². The van der Waals surface area contributed by atoms with E-state index in [9.17, 15) is 44.3 Å². The van der Waals surface area contributed by atoms with Crippen molar-refractivity contribution in [1.29, 1.82) is 0 Å². The smallest absolute Gasteiger partial charge is 0.475 e. The molecule has 1 amide bonds. The number of aryl methyl sites for hydroxylation is 1. The van der Waals surface area contributed by atoms with Crippen molar-refractivity contribution < 1.29 is 74.0 Å². The molecule has 3 rings (SSSR count). The van der Waals surface area contributed by atoms with Crippen LogP contribution in [0.2, 0.25) is 0 Å². The van der Waals surface area contributed by atoms with E-state index in [4.69, 9.17) is 29.7 Å². The van der Waals surface area contributed by atoms with Gasteiger partial charge in [0.1, 0.15) is 0 Å². The number of rotatable bonds is 6. The summed E-state index contributed by atoms with van der Waals surface area (Å²) in [6.45, 7) is 7.05. The summed E-state index contributed by atoms with van der Waals surface area (Å²) in [6.07, 6.45) is -14.3. The van der Waals surface area contributed by atoms with E-state index in [2.05, 4.69) is 46.1 Å². The zero-order valence-electron chi connectivity index (χ0n) is 24.3. The van der Waals surface area contributed by atoms with Crippen LogP contribution in [0.4, 0.5) is 39.5 Å². The van der Waals surface area contributed by atoms with Crippen molar-refractivity contribution in [3.05, 3.63) is 21.9 Å². The number of carbonyl (C=O) groups is 4. The number of carbonyl (C=O) groups excluding carboxylic acids is 1. The number of carboxylic acids is 3. The van der Waals surface area contributed by atoms with E-state index in [-0.39, 0.29) is 11.9 Å². The van der Waals surface area contributed by atoms with Crippen molar-refractivity contribution >= 4 is 35.2 Å². The van der Waals surface area contributed by atoms with E-state index in [1.807, 2.05) is 25.4 Å². The number of alkyl halides is 9. The average Bonchev–Trinajstić information content (AvgIpc) is 3.54. The summed E-state index contributed by atoms with van der Waals surface area (Å²) in [5.74, 6) is -7.44. The summed E-state index contributed by atoms with van der Waals surface area (Å²) in [4.78, 5) is 48.9. The Labute approximate surface area is 255 Å². The summed E-state index contributed by atoms with van der Waals surface area (Å²) in [6, 6.07) is 5.03. The van der Waals surface area contributed by atoms with Gasteiger partial charge in [-0.25, -0.2) is 14.4 Å². The molecular formula is C24H33F9N4O7S. The highest BCUT2D eigenvalue weighted by molar-refractivity contribution is 7.11. The lowest BCUT2D eigenvalue weighted by Crippen LogP contribution is -2.46. The molecule has 2 fully saturated rings. The quantitative estimate of drug-likeness (QED) is 0.328. The summed E-state index contributed by atoms with van der Waals surface area (Å²) in [5, 5.41) is 24.5. The number of aliphatic carboxylic acids is 3. The number of nitrogens with one attached hydrogen (secondary N) is 1. The Morgan fingerprint density at radius 1 is 0.889 bits per heavy atom. The van der Waals surface area contributed by atoms with Crippen LogP contribution in [0.3, 0.4) is 0 Å². The molecule has 3 atom stereocenters. The van der Waals surface area contributed by atoms with Crippen LogP contribution in [0.25, 0.3) is 0 Å². The molecule has 45 heavy (non-hydrogen) atoms. The number of amides is 1. The maximum absolute atomic E-state index is 12.5. The minimum absolute atomic E-state index is 0.0493. The topological polar surface area (TPSA) is 151 Å². The zero-order valence-corrected chi connectivity index (χ0v) is 25.1. The van der Waals surface area contributed by atoms with Crippen LogP contribution in [-0.2, 0) is 25.7 Å². The molecular weight excluding hydrogens is 659 g/mol. The Bertz CT molecular complexity index is 1070. The van der Waals surface area contributed by atoms with Crippen molar-refractivity contribution in [2.45, 2.75) is 50.5 Å². The Morgan fingerprint density at radius 2 is 1.33 bits per heavy atom. The van der Waals surface area contributed by atoms with Gasteiger partial charge in [0.15, 0.2) is 0 Å². The highest BCUT2D eigenvalue weighted by atomic mass is 32.1. The lowest BCUT2D eigenvalue weighted by molar-refractivity contribution is -0.193. The Morgan fingerprint density at radius 3 is 1.67 bits per heavy atom. The second-order valence-electron chi connectivity index (χ2n) is 9.95. The maximum atomic E-state index is 12.5. The first-order valence-electron chi connectivity index (χ1n) is 12.6. The van der Waals surface area contributed by atoms with Crippen molar-refractivity contribution in [3.63, 3.8) is 0 Å². The Hall–Kier alpha value is -3.17. The fourth-order valence-corrected chi connectivity index (χ4v) is 4.98. The Kier molecular flexibility index (Phi) is 16.3. The molecule has 0 saturated carbocycles. The summed E-state index contributed by atoms with van der Waals surface area (Å²) >= 11 is 1.90. The molecule has 1 aromatic rings. The number of nitrogens with zero attached hydrogens (tertiary/aromatic N) is 3. The number of halogens is 9. The minimum atomic E-state index is -5.08. The molecule has 0 aromatic carbocycles. The first kappa shape index (κ1) is 41.8. The summed E-state index contributed by atoms with van der Waals surface area (Å²) in [5.41, 5.74) is 0. The molecule has 2 aliphatic heterocycles. The maximum Gasteiger partial charge on any atom is 0.490 e. The minimum Gasteiger partial charge on any atom is -0.475 e. The summed E-state index contributed by atoms with van der Waals surface area (Å²) < 4.78 is 95.2. The third-order valence-electron chi connectivity index (χ3n) is 6.09. The molecule has 260 valence electrons. The van der Waals surface area contributed by atoms with E-state index >= 15 is 0 Å². The highest BCUT2D eigenvalue weighted by Crippen LogP contribution is 2.35. The van der Waals surface area contributed by atoms with Crippen molar-refractivity contribution in [1.82, 2.24) is 20.0 Å². The second kappa shape index (κ2) is 17.5. The molecule has 4 N–H and O–H groups in total. The molecule has 1 aromatic heterocycles. The number of fused-ring (bicyclic) bond motifs is 1. The van der Waals surface area contributed by atoms with Crippen LogP contribution >= 0.6 is 11.3 Å². The number of hydrogen-bond donors (Lipinski definition) is 4. The molecule has 0 spiro atoms. The van der Waals surface area contributed by atoms with Gasteiger partial charge in [-0.05, 0) is 52.5 Å². The fourth-order valence-electron chi connectivity index (χ4n) is 4.05. The number of hydrogen-bond acceptors (Lipinski definition) is 8. The van der Waals surface area contributed by atoms with Gasteiger partial charge in [0.05, 0.1) is 6.04 Å². The van der Waals surface area contributed by atoms with Crippen LogP contribution in [0, 0.1) is 12.8 Å². The van der Waals surface area contributed by atoms with Crippen LogP contribution < -0.4 is 5.32 Å². The van der Waals surface area contributed by atoms with Gasteiger partial charge in [-0.3, -0.25) is 14.6 Å². The van der Waals surface area contributed by atoms with Gasteiger partial charge in [-0.15, -0.1) is 11.3 Å². The van der Waals surface area contributed by atoms with E-state index in [0.29, 0.717) is 12.0 Å². The molecule has 0 aliphatic carbocycles. The SMILES string of the molecule is Cc1ccc(CN2C[C@H]3C[C@H](C(=O)NCCN(C)C)N(C)[C@H]3C2)s1.O=C(O)C(F)(F)F.O=C(O)C(F)(F)F.O=C(O)C(F)(F)F. The van der Waals surface area contributed by atoms with Crippen LogP contribution in [0.1, 0.15) is 16.2 Å². The van der Waals surface area contributed by atoms with E-state index < -0.39 is 36.4 Å². The predicted molar refractivity (Wildman–Crippen MR) is 140 cm³/mol. The summed E-state index contributed by atoms with van der Waals surface area (Å²) in [7, 11) is 6.18. The molecule has 0 radical (unpaired) electrons. The van der Waals surface area contributed by atoms with Gasteiger partial charge in [0.25, 0.3) is 0 Å². The van der Waals surface area contributed by atoms with Gasteiger partial charge in [-0.2, -0.15) is 39.5 Å². The van der Waals surface area contributed by atoms with Crippen LogP contribution in [0.15, 0.2) is 12.1 Å².